The smallest absolute Gasteiger partial charge is 0.446 e. The van der Waals surface area contributed by atoms with E-state index in [-0.39, 0.29) is 11.7 Å². The number of hydroxylamine groups is 2. The topological polar surface area (TPSA) is 67.9 Å². The molecule has 0 bridgehead atoms. The number of hydrogen-bond donors (Lipinski definition) is 1. The monoisotopic (exact) mass is 286 g/mol. The summed E-state index contributed by atoms with van der Waals surface area (Å²) >= 11 is 0. The van der Waals surface area contributed by atoms with Crippen LogP contribution in [0.5, 0.6) is 0 Å². The average molecular weight is 286 g/mol. The summed E-state index contributed by atoms with van der Waals surface area (Å²) in [5.74, 6) is -2.48. The van der Waals surface area contributed by atoms with E-state index in [9.17, 15) is 22.8 Å². The van der Waals surface area contributed by atoms with Gasteiger partial charge in [-0.25, -0.2) is 9.59 Å². The zero-order valence-electron chi connectivity index (χ0n) is 11.1. The number of halogens is 3. The molecule has 0 aromatic rings. The maximum Gasteiger partial charge on any atom is 0.493 e. The van der Waals surface area contributed by atoms with E-state index in [4.69, 9.17) is 0 Å². The molecule has 0 spiro atoms. The van der Waals surface area contributed by atoms with Gasteiger partial charge >= 0.3 is 18.2 Å². The van der Waals surface area contributed by atoms with Crippen molar-refractivity contribution in [2.75, 3.05) is 20.2 Å². The van der Waals surface area contributed by atoms with Gasteiger partial charge in [-0.05, 0) is 27.8 Å². The lowest BCUT2D eigenvalue weighted by atomic mass is 10.1. The highest BCUT2D eigenvalue weighted by Gasteiger charge is 2.45. The molecule has 0 fully saturated rings. The zero-order valence-corrected chi connectivity index (χ0v) is 11.1. The maximum absolute atomic E-state index is 12.1. The zero-order chi connectivity index (χ0) is 15.3. The second-order valence-corrected chi connectivity index (χ2v) is 4.56. The fraction of sp³-hybridized carbons (Fsp3) is 0.800. The summed E-state index contributed by atoms with van der Waals surface area (Å²) in [5, 5.41) is 2.94. The van der Waals surface area contributed by atoms with Crippen molar-refractivity contribution in [3.05, 3.63) is 0 Å². The summed E-state index contributed by atoms with van der Waals surface area (Å²) in [6.45, 7) is 4.45. The fourth-order valence-corrected chi connectivity index (χ4v) is 0.882. The molecule has 1 amide bonds. The van der Waals surface area contributed by atoms with Gasteiger partial charge in [-0.15, -0.1) is 5.06 Å². The Kier molecular flexibility index (Phi) is 6.07. The van der Waals surface area contributed by atoms with Crippen molar-refractivity contribution in [1.29, 1.82) is 0 Å². The average Bonchev–Trinajstić information content (AvgIpc) is 2.22. The summed E-state index contributed by atoms with van der Waals surface area (Å²) in [4.78, 5) is 26.4. The lowest BCUT2D eigenvalue weighted by molar-refractivity contribution is -0.243. The van der Waals surface area contributed by atoms with Gasteiger partial charge in [0, 0.05) is 6.54 Å². The van der Waals surface area contributed by atoms with Crippen molar-refractivity contribution >= 4 is 12.1 Å². The molecule has 0 saturated heterocycles. The Bertz CT molecular complexity index is 326. The fourth-order valence-electron chi connectivity index (χ4n) is 0.882. The van der Waals surface area contributed by atoms with Crippen LogP contribution < -0.4 is 5.32 Å². The molecule has 0 aliphatic carbocycles. The van der Waals surface area contributed by atoms with Crippen molar-refractivity contribution < 1.29 is 32.3 Å². The van der Waals surface area contributed by atoms with E-state index in [0.717, 1.165) is 0 Å². The van der Waals surface area contributed by atoms with Crippen LogP contribution in [0.4, 0.5) is 18.0 Å². The number of ether oxygens (including phenoxy) is 1. The molecule has 6 nitrogen and oxygen atoms in total. The molecule has 0 saturated carbocycles. The summed E-state index contributed by atoms with van der Waals surface area (Å²) in [6.07, 6.45) is -6.35. The van der Waals surface area contributed by atoms with Crippen molar-refractivity contribution in [2.24, 2.45) is 0 Å². The van der Waals surface area contributed by atoms with Crippen LogP contribution >= 0.6 is 0 Å². The Labute approximate surface area is 108 Å². The molecule has 0 atom stereocenters. The Morgan fingerprint density at radius 2 is 1.74 bits per heavy atom. The number of nitrogens with one attached hydrogen (secondary N) is 1. The SMILES string of the molecule is CNCCOC(=O)N(OC(=O)C(F)(F)F)C(C)(C)C. The molecular formula is C10H17F3N2O4. The number of amides is 1. The second kappa shape index (κ2) is 6.60. The highest BCUT2D eigenvalue weighted by atomic mass is 19.4. The normalized spacial score (nSPS) is 11.9. The largest absolute Gasteiger partial charge is 0.493 e. The van der Waals surface area contributed by atoms with Crippen LogP contribution in [0.3, 0.4) is 0 Å². The van der Waals surface area contributed by atoms with Gasteiger partial charge in [-0.1, -0.05) is 0 Å². The molecule has 0 aromatic heterocycles. The van der Waals surface area contributed by atoms with Gasteiger partial charge in [0.05, 0.1) is 5.54 Å². The number of rotatable bonds is 3. The third kappa shape index (κ3) is 6.27. The predicted octanol–water partition coefficient (Wildman–Crippen LogP) is 1.46. The van der Waals surface area contributed by atoms with E-state index in [0.29, 0.717) is 6.54 Å². The van der Waals surface area contributed by atoms with Crippen LogP contribution in [0, 0.1) is 0 Å². The molecule has 0 unspecified atom stereocenters. The summed E-state index contributed by atoms with van der Waals surface area (Å²) in [6, 6.07) is 0. The number of likely N-dealkylation sites (N-methyl/N-ethyl adjacent to an activating group) is 1. The molecule has 112 valence electrons. The number of nitrogens with zero attached hydrogens (tertiary/aromatic N) is 1. The minimum absolute atomic E-state index is 0.0640. The predicted molar refractivity (Wildman–Crippen MR) is 59.0 cm³/mol. The molecule has 9 heteroatoms. The first-order chi connectivity index (χ1) is 8.50. The van der Waals surface area contributed by atoms with E-state index in [1.165, 1.54) is 20.8 Å². The van der Waals surface area contributed by atoms with E-state index in [1.807, 2.05) is 0 Å². The first-order valence-electron chi connectivity index (χ1n) is 5.41. The van der Waals surface area contributed by atoms with Gasteiger partial charge in [-0.3, -0.25) is 0 Å². The Hall–Kier alpha value is -1.51. The Balaban J connectivity index is 4.75. The molecule has 0 radical (unpaired) electrons. The van der Waals surface area contributed by atoms with Crippen LogP contribution in [0.1, 0.15) is 20.8 Å². The van der Waals surface area contributed by atoms with Crippen LogP contribution in [0.15, 0.2) is 0 Å². The maximum atomic E-state index is 12.1. The first-order valence-corrected chi connectivity index (χ1v) is 5.41. The van der Waals surface area contributed by atoms with Crippen LogP contribution in [-0.2, 0) is 14.4 Å². The van der Waals surface area contributed by atoms with Crippen LogP contribution in [-0.4, -0.2) is 49.0 Å². The minimum atomic E-state index is -5.19. The van der Waals surface area contributed by atoms with E-state index >= 15 is 0 Å². The van der Waals surface area contributed by atoms with Gasteiger partial charge in [0.1, 0.15) is 6.61 Å². The van der Waals surface area contributed by atoms with Gasteiger partial charge in [0.15, 0.2) is 0 Å². The molecule has 0 aliphatic rings. The molecule has 0 aliphatic heterocycles. The number of alkyl halides is 3. The van der Waals surface area contributed by atoms with E-state index in [2.05, 4.69) is 14.9 Å². The standard InChI is InChI=1S/C10H17F3N2O4/c1-9(2,3)15(8(17)18-6-5-14-4)19-7(16)10(11,12)13/h14H,5-6H2,1-4H3. The van der Waals surface area contributed by atoms with Crippen LogP contribution in [0.2, 0.25) is 0 Å². The third-order valence-corrected chi connectivity index (χ3v) is 1.76. The first kappa shape index (κ1) is 17.5. The van der Waals surface area contributed by atoms with E-state index in [1.54, 1.807) is 7.05 Å². The van der Waals surface area contributed by atoms with E-state index < -0.39 is 23.8 Å². The van der Waals surface area contributed by atoms with Crippen molar-refractivity contribution in [3.8, 4) is 0 Å². The van der Waals surface area contributed by atoms with Crippen molar-refractivity contribution in [1.82, 2.24) is 10.4 Å². The lowest BCUT2D eigenvalue weighted by Gasteiger charge is -2.32. The van der Waals surface area contributed by atoms with Crippen LogP contribution in [0.25, 0.3) is 0 Å². The second-order valence-electron chi connectivity index (χ2n) is 4.56. The molecule has 0 heterocycles. The van der Waals surface area contributed by atoms with Gasteiger partial charge in [0.2, 0.25) is 0 Å². The van der Waals surface area contributed by atoms with Gasteiger partial charge in [0.25, 0.3) is 0 Å². The van der Waals surface area contributed by atoms with Gasteiger partial charge in [-0.2, -0.15) is 13.2 Å². The number of hydrogen-bond acceptors (Lipinski definition) is 5. The summed E-state index contributed by atoms with van der Waals surface area (Å²) in [5.41, 5.74) is -1.17. The van der Waals surface area contributed by atoms with Crippen molar-refractivity contribution in [3.63, 3.8) is 0 Å². The number of carbonyl (C=O) groups excluding carboxylic acids is 2. The lowest BCUT2D eigenvalue weighted by Crippen LogP contribution is -2.49. The third-order valence-electron chi connectivity index (χ3n) is 1.76. The van der Waals surface area contributed by atoms with Gasteiger partial charge < -0.3 is 14.9 Å². The molecule has 1 N–H and O–H groups in total. The molecule has 0 aromatic carbocycles. The Morgan fingerprint density at radius 1 is 1.21 bits per heavy atom. The number of carbonyl (C=O) groups is 2. The quantitative estimate of drug-likeness (QED) is 0.628. The summed E-state index contributed by atoms with van der Waals surface area (Å²) < 4.78 is 41.0. The highest BCUT2D eigenvalue weighted by molar-refractivity contribution is 5.78. The Morgan fingerprint density at radius 3 is 2.11 bits per heavy atom. The summed E-state index contributed by atoms with van der Waals surface area (Å²) in [7, 11) is 1.61. The highest BCUT2D eigenvalue weighted by Crippen LogP contribution is 2.22. The molecule has 0 rings (SSSR count). The molecular weight excluding hydrogens is 269 g/mol. The van der Waals surface area contributed by atoms with Crippen molar-refractivity contribution in [2.45, 2.75) is 32.5 Å². The molecule has 19 heavy (non-hydrogen) atoms. The minimum Gasteiger partial charge on any atom is -0.446 e.